The van der Waals surface area contributed by atoms with Gasteiger partial charge in [-0.1, -0.05) is 29.8 Å². The largest absolute Gasteiger partial charge is 0.392 e. The van der Waals surface area contributed by atoms with Gasteiger partial charge in [-0.3, -0.25) is 4.84 Å². The first-order valence-corrected chi connectivity index (χ1v) is 8.51. The molecule has 1 heterocycles. The van der Waals surface area contributed by atoms with E-state index in [2.05, 4.69) is 0 Å². The van der Waals surface area contributed by atoms with Crippen LogP contribution in [0, 0.1) is 6.92 Å². The van der Waals surface area contributed by atoms with E-state index in [1.807, 2.05) is 46.8 Å². The van der Waals surface area contributed by atoms with Crippen LogP contribution in [-0.4, -0.2) is 22.3 Å². The number of nitrogens with zero attached hydrogens (tertiary/aromatic N) is 1. The normalized spacial score (nSPS) is 22.3. The van der Waals surface area contributed by atoms with Crippen molar-refractivity contribution in [1.82, 2.24) is 5.06 Å². The van der Waals surface area contributed by atoms with Gasteiger partial charge in [0.2, 0.25) is 0 Å². The molecule has 2 nitrogen and oxygen atoms in total. The van der Waals surface area contributed by atoms with Gasteiger partial charge in [0.1, 0.15) is 6.10 Å². The van der Waals surface area contributed by atoms with E-state index in [9.17, 15) is 13.2 Å². The zero-order valence-electron chi connectivity index (χ0n) is 15.2. The molecule has 1 aromatic carbocycles. The van der Waals surface area contributed by atoms with Gasteiger partial charge >= 0.3 is 6.18 Å². The summed E-state index contributed by atoms with van der Waals surface area (Å²) in [6.45, 7) is 10.1. The average Bonchev–Trinajstić information content (AvgIpc) is 2.40. The third-order valence-electron chi connectivity index (χ3n) is 4.78. The van der Waals surface area contributed by atoms with Gasteiger partial charge in [0, 0.05) is 11.1 Å². The Morgan fingerprint density at radius 2 is 1.54 bits per heavy atom. The Labute approximate surface area is 142 Å². The van der Waals surface area contributed by atoms with Gasteiger partial charge in [0.25, 0.3) is 0 Å². The second-order valence-electron chi connectivity index (χ2n) is 8.10. The molecular weight excluding hydrogens is 315 g/mol. The summed E-state index contributed by atoms with van der Waals surface area (Å²) in [5.41, 5.74) is 0.991. The lowest BCUT2D eigenvalue weighted by Gasteiger charge is -2.52. The van der Waals surface area contributed by atoms with Crippen LogP contribution in [0.15, 0.2) is 24.3 Å². The summed E-state index contributed by atoms with van der Waals surface area (Å²) in [6, 6.07) is 7.12. The van der Waals surface area contributed by atoms with E-state index in [0.717, 1.165) is 24.8 Å². The van der Waals surface area contributed by atoms with Gasteiger partial charge < -0.3 is 0 Å². The Hall–Kier alpha value is -1.07. The van der Waals surface area contributed by atoms with E-state index >= 15 is 0 Å². The molecule has 0 amide bonds. The average molecular weight is 343 g/mol. The molecule has 0 aromatic heterocycles. The molecule has 1 aliphatic heterocycles. The number of alkyl halides is 3. The Morgan fingerprint density at radius 3 is 2.00 bits per heavy atom. The summed E-state index contributed by atoms with van der Waals surface area (Å²) in [7, 11) is 0. The van der Waals surface area contributed by atoms with Crippen molar-refractivity contribution in [1.29, 1.82) is 0 Å². The van der Waals surface area contributed by atoms with Gasteiger partial charge in [0.05, 0.1) is 6.42 Å². The molecule has 2 rings (SSSR count). The number of hydrogen-bond acceptors (Lipinski definition) is 2. The number of benzene rings is 1. The summed E-state index contributed by atoms with van der Waals surface area (Å²) in [5, 5.41) is 1.81. The molecule has 0 aliphatic carbocycles. The van der Waals surface area contributed by atoms with E-state index in [1.54, 1.807) is 17.2 Å². The van der Waals surface area contributed by atoms with Crippen LogP contribution in [0.25, 0.3) is 0 Å². The van der Waals surface area contributed by atoms with Crippen molar-refractivity contribution >= 4 is 0 Å². The second kappa shape index (κ2) is 6.68. The minimum atomic E-state index is -4.28. The van der Waals surface area contributed by atoms with Gasteiger partial charge in [-0.2, -0.15) is 18.2 Å². The van der Waals surface area contributed by atoms with Gasteiger partial charge in [-0.05, 0) is 59.4 Å². The maximum Gasteiger partial charge on any atom is 0.392 e. The molecule has 1 unspecified atom stereocenters. The summed E-state index contributed by atoms with van der Waals surface area (Å²) in [5.74, 6) is 0. The number of piperidine rings is 1. The molecule has 0 saturated carbocycles. The Morgan fingerprint density at radius 1 is 1.04 bits per heavy atom. The number of rotatable bonds is 4. The maximum absolute atomic E-state index is 13.1. The van der Waals surface area contributed by atoms with Crippen molar-refractivity contribution < 1.29 is 18.0 Å². The van der Waals surface area contributed by atoms with E-state index in [0.29, 0.717) is 5.56 Å². The van der Waals surface area contributed by atoms with Crippen molar-refractivity contribution in [2.45, 2.75) is 83.7 Å². The van der Waals surface area contributed by atoms with Crippen LogP contribution in [0.3, 0.4) is 0 Å². The van der Waals surface area contributed by atoms with Gasteiger partial charge in [-0.15, -0.1) is 0 Å². The third-order valence-corrected chi connectivity index (χ3v) is 4.78. The zero-order chi connectivity index (χ0) is 18.2. The first-order chi connectivity index (χ1) is 10.9. The topological polar surface area (TPSA) is 12.5 Å². The lowest BCUT2D eigenvalue weighted by atomic mass is 9.82. The van der Waals surface area contributed by atoms with Crippen LogP contribution < -0.4 is 0 Å². The molecule has 5 heteroatoms. The molecule has 0 radical (unpaired) electrons. The first kappa shape index (κ1) is 19.3. The predicted molar refractivity (Wildman–Crippen MR) is 89.5 cm³/mol. The monoisotopic (exact) mass is 343 g/mol. The highest BCUT2D eigenvalue weighted by Crippen LogP contribution is 2.42. The highest BCUT2D eigenvalue weighted by atomic mass is 19.4. The zero-order valence-corrected chi connectivity index (χ0v) is 15.2. The second-order valence-corrected chi connectivity index (χ2v) is 8.10. The summed E-state index contributed by atoms with van der Waals surface area (Å²) < 4.78 is 39.3. The van der Waals surface area contributed by atoms with Crippen LogP contribution in [0.2, 0.25) is 0 Å². The molecule has 136 valence electrons. The van der Waals surface area contributed by atoms with Crippen molar-refractivity contribution in [3.8, 4) is 0 Å². The number of halogens is 3. The lowest BCUT2D eigenvalue weighted by Crippen LogP contribution is -2.58. The Balaban J connectivity index is 2.31. The molecule has 0 N–H and O–H groups in total. The standard InChI is InChI=1S/C19H28F3NO/c1-14-7-9-15(10-8-14)16(13-19(20,21)22)24-23-17(2,3)11-6-12-18(23,4)5/h7-10,16H,6,11-13H2,1-5H3. The van der Waals surface area contributed by atoms with Crippen LogP contribution in [0.1, 0.15) is 70.6 Å². The maximum atomic E-state index is 13.1. The quantitative estimate of drug-likeness (QED) is 0.668. The minimum absolute atomic E-state index is 0.295. The number of hydroxylamine groups is 2. The molecule has 1 fully saturated rings. The minimum Gasteiger partial charge on any atom is -0.290 e. The molecule has 24 heavy (non-hydrogen) atoms. The first-order valence-electron chi connectivity index (χ1n) is 8.51. The molecule has 0 spiro atoms. The van der Waals surface area contributed by atoms with Gasteiger partial charge in [-0.25, -0.2) is 0 Å². The van der Waals surface area contributed by atoms with Crippen molar-refractivity contribution in [2.75, 3.05) is 0 Å². The van der Waals surface area contributed by atoms with E-state index in [4.69, 9.17) is 4.84 Å². The summed E-state index contributed by atoms with van der Waals surface area (Å²) in [6.07, 6.45) is -3.43. The van der Waals surface area contributed by atoms with E-state index in [-0.39, 0.29) is 11.1 Å². The highest BCUT2D eigenvalue weighted by molar-refractivity contribution is 5.23. The van der Waals surface area contributed by atoms with Gasteiger partial charge in [0.15, 0.2) is 0 Å². The SMILES string of the molecule is Cc1ccc(C(CC(F)(F)F)ON2C(C)(C)CCCC2(C)C)cc1. The summed E-state index contributed by atoms with van der Waals surface area (Å²) in [4.78, 5) is 6.04. The lowest BCUT2D eigenvalue weighted by molar-refractivity contribution is -0.319. The molecular formula is C19H28F3NO. The van der Waals surface area contributed by atoms with E-state index in [1.165, 1.54) is 0 Å². The summed E-state index contributed by atoms with van der Waals surface area (Å²) >= 11 is 0. The fourth-order valence-electron chi connectivity index (χ4n) is 3.60. The molecule has 1 saturated heterocycles. The molecule has 1 aromatic rings. The van der Waals surface area contributed by atoms with Crippen LogP contribution in [0.5, 0.6) is 0 Å². The number of aryl methyl sites for hydroxylation is 1. The van der Waals surface area contributed by atoms with Crippen molar-refractivity contribution in [3.05, 3.63) is 35.4 Å². The Bertz CT molecular complexity index is 533. The third kappa shape index (κ3) is 4.73. The van der Waals surface area contributed by atoms with Crippen LogP contribution >= 0.6 is 0 Å². The highest BCUT2D eigenvalue weighted by Gasteiger charge is 2.45. The fourth-order valence-corrected chi connectivity index (χ4v) is 3.60. The smallest absolute Gasteiger partial charge is 0.290 e. The van der Waals surface area contributed by atoms with Crippen molar-refractivity contribution in [2.24, 2.45) is 0 Å². The van der Waals surface area contributed by atoms with Crippen LogP contribution in [-0.2, 0) is 4.84 Å². The Kier molecular flexibility index (Phi) is 5.36. The predicted octanol–water partition coefficient (Wildman–Crippen LogP) is 5.96. The van der Waals surface area contributed by atoms with Crippen LogP contribution in [0.4, 0.5) is 13.2 Å². The molecule has 0 bridgehead atoms. The molecule has 1 atom stereocenters. The number of hydrogen-bond donors (Lipinski definition) is 0. The fraction of sp³-hybridized carbons (Fsp3) is 0.684. The van der Waals surface area contributed by atoms with E-state index < -0.39 is 18.7 Å². The van der Waals surface area contributed by atoms with Crippen molar-refractivity contribution in [3.63, 3.8) is 0 Å². The molecule has 1 aliphatic rings.